The molecule has 36 heavy (non-hydrogen) atoms. The van der Waals surface area contributed by atoms with Gasteiger partial charge in [0, 0.05) is 37.5 Å². The van der Waals surface area contributed by atoms with Crippen LogP contribution in [0.15, 0.2) is 72.4 Å². The maximum Gasteiger partial charge on any atom is 0.278 e. The minimum absolute atomic E-state index is 0.286. The van der Waals surface area contributed by atoms with Gasteiger partial charge < -0.3 is 0 Å². The first-order chi connectivity index (χ1) is 17.2. The number of carbonyl (C=O) groups is 1. The predicted molar refractivity (Wildman–Crippen MR) is 132 cm³/mol. The molecule has 1 fully saturated rings. The van der Waals surface area contributed by atoms with Crippen LogP contribution in [0.5, 0.6) is 0 Å². The quantitative estimate of drug-likeness (QED) is 0.550. The van der Waals surface area contributed by atoms with Crippen LogP contribution in [0.25, 0.3) is 0 Å². The van der Waals surface area contributed by atoms with Gasteiger partial charge in [-0.15, -0.1) is 0 Å². The van der Waals surface area contributed by atoms with Crippen molar-refractivity contribution in [1.29, 1.82) is 21.0 Å². The number of piperidine rings is 1. The summed E-state index contributed by atoms with van der Waals surface area (Å²) in [5.74, 6) is -3.95. The summed E-state index contributed by atoms with van der Waals surface area (Å²) in [6.45, 7) is 0. The average molecular weight is 515 g/mol. The van der Waals surface area contributed by atoms with Gasteiger partial charge >= 0.3 is 0 Å². The van der Waals surface area contributed by atoms with Crippen LogP contribution in [-0.4, -0.2) is 34.4 Å². The lowest BCUT2D eigenvalue weighted by molar-refractivity contribution is -0.149. The molecule has 1 amide bonds. The van der Waals surface area contributed by atoms with Crippen LogP contribution in [-0.2, 0) is 4.79 Å². The topological polar surface area (TPSA) is 119 Å². The van der Waals surface area contributed by atoms with Crippen molar-refractivity contribution in [3.05, 3.63) is 83.6 Å². The number of hydrogen-bond donors (Lipinski definition) is 0. The normalized spacial score (nSPS) is 25.4. The van der Waals surface area contributed by atoms with Crippen LogP contribution in [0.2, 0.25) is 0 Å². The lowest BCUT2D eigenvalue weighted by Crippen LogP contribution is -2.65. The van der Waals surface area contributed by atoms with Crippen LogP contribution in [0.3, 0.4) is 0 Å². The van der Waals surface area contributed by atoms with E-state index in [1.54, 1.807) is 80.8 Å². The van der Waals surface area contributed by atoms with E-state index in [4.69, 9.17) is 23.2 Å². The molecule has 0 unspecified atom stereocenters. The molecule has 2 aromatic carbocycles. The predicted octanol–water partition coefficient (Wildman–Crippen LogP) is 4.63. The second-order valence-electron chi connectivity index (χ2n) is 9.00. The van der Waals surface area contributed by atoms with E-state index in [0.717, 1.165) is 0 Å². The molecular formula is C27H20Cl2N6O. The molecule has 1 saturated heterocycles. The molecule has 1 aliphatic heterocycles. The molecule has 2 aliphatic rings. The summed E-state index contributed by atoms with van der Waals surface area (Å²) >= 11 is 13.6. The second kappa shape index (κ2) is 8.98. The molecule has 4 rings (SSSR count). The highest BCUT2D eigenvalue weighted by molar-refractivity contribution is 6.59. The number of hydrazine groups is 1. The number of amides is 1. The van der Waals surface area contributed by atoms with E-state index in [1.807, 2.05) is 24.3 Å². The van der Waals surface area contributed by atoms with Crippen molar-refractivity contribution in [2.75, 3.05) is 14.1 Å². The second-order valence-corrected chi connectivity index (χ2v) is 10.4. The van der Waals surface area contributed by atoms with Gasteiger partial charge in [-0.05, 0) is 11.1 Å². The van der Waals surface area contributed by atoms with E-state index in [9.17, 15) is 25.8 Å². The zero-order chi connectivity index (χ0) is 26.3. The Morgan fingerprint density at radius 1 is 0.778 bits per heavy atom. The van der Waals surface area contributed by atoms with Crippen molar-refractivity contribution in [3.8, 4) is 24.3 Å². The first-order valence-electron chi connectivity index (χ1n) is 11.0. The summed E-state index contributed by atoms with van der Waals surface area (Å²) in [6.07, 6.45) is 1.64. The summed E-state index contributed by atoms with van der Waals surface area (Å²) in [5, 5.41) is 45.1. The molecule has 0 spiro atoms. The van der Waals surface area contributed by atoms with E-state index >= 15 is 0 Å². The molecule has 9 heteroatoms. The summed E-state index contributed by atoms with van der Waals surface area (Å²) < 4.78 is -2.11. The van der Waals surface area contributed by atoms with Crippen LogP contribution in [0, 0.1) is 62.1 Å². The van der Waals surface area contributed by atoms with Crippen LogP contribution in [0.4, 0.5) is 0 Å². The molecule has 7 nitrogen and oxygen atoms in total. The van der Waals surface area contributed by atoms with E-state index in [-0.39, 0.29) is 5.70 Å². The van der Waals surface area contributed by atoms with Gasteiger partial charge in [0.1, 0.15) is 0 Å². The zero-order valence-electron chi connectivity index (χ0n) is 19.4. The van der Waals surface area contributed by atoms with Crippen LogP contribution >= 0.6 is 23.2 Å². The third kappa shape index (κ3) is 3.22. The maximum absolute atomic E-state index is 13.7. The van der Waals surface area contributed by atoms with Crippen molar-refractivity contribution in [2.24, 2.45) is 16.7 Å². The number of carbonyl (C=O) groups excluding carboxylic acids is 1. The molecule has 1 aliphatic carbocycles. The average Bonchev–Trinajstić information content (AvgIpc) is 2.89. The van der Waals surface area contributed by atoms with Gasteiger partial charge in [-0.25, -0.2) is 10.0 Å². The number of nitriles is 4. The van der Waals surface area contributed by atoms with Gasteiger partial charge in [0.15, 0.2) is 10.8 Å². The smallest absolute Gasteiger partial charge is 0.269 e. The van der Waals surface area contributed by atoms with Crippen molar-refractivity contribution in [2.45, 2.75) is 16.2 Å². The molecular weight excluding hydrogens is 495 g/mol. The van der Waals surface area contributed by atoms with Gasteiger partial charge in [0.05, 0.1) is 24.3 Å². The summed E-state index contributed by atoms with van der Waals surface area (Å²) in [7, 11) is 3.22. The van der Waals surface area contributed by atoms with Crippen molar-refractivity contribution in [1.82, 2.24) is 10.0 Å². The van der Waals surface area contributed by atoms with Gasteiger partial charge in [0.25, 0.3) is 5.91 Å². The number of hydrogen-bond acceptors (Lipinski definition) is 6. The largest absolute Gasteiger partial charge is 0.278 e. The fourth-order valence-electron chi connectivity index (χ4n) is 5.50. The zero-order valence-corrected chi connectivity index (χ0v) is 20.9. The van der Waals surface area contributed by atoms with E-state index in [0.29, 0.717) is 11.1 Å². The lowest BCUT2D eigenvalue weighted by atomic mass is 9.46. The SMILES string of the molecule is CN(C)N1C(=O)C(Cl)(Cl)[C@H](c2ccccc2)[C@@H]2C1=C[C@H](c1ccccc1)C(C#N)(C#N)C2(C#N)C#N. The van der Waals surface area contributed by atoms with Gasteiger partial charge in [-0.3, -0.25) is 4.79 Å². The van der Waals surface area contributed by atoms with Gasteiger partial charge in [-0.1, -0.05) is 89.9 Å². The Bertz CT molecular complexity index is 1360. The first kappa shape index (κ1) is 25.2. The fraction of sp³-hybridized carbons (Fsp3) is 0.296. The van der Waals surface area contributed by atoms with E-state index in [2.05, 4.69) is 0 Å². The Kier molecular flexibility index (Phi) is 6.30. The Balaban J connectivity index is 2.19. The van der Waals surface area contributed by atoms with Crippen LogP contribution in [0.1, 0.15) is 23.0 Å². The van der Waals surface area contributed by atoms with Crippen LogP contribution < -0.4 is 0 Å². The summed E-state index contributed by atoms with van der Waals surface area (Å²) in [5.41, 5.74) is -3.04. The number of alkyl halides is 2. The molecule has 0 bridgehead atoms. The van der Waals surface area contributed by atoms with E-state index < -0.39 is 38.8 Å². The number of nitrogens with zero attached hydrogens (tertiary/aromatic N) is 6. The number of fused-ring (bicyclic) bond motifs is 1. The van der Waals surface area contributed by atoms with Crippen molar-refractivity contribution < 1.29 is 4.79 Å². The minimum Gasteiger partial charge on any atom is -0.269 e. The third-order valence-electron chi connectivity index (χ3n) is 7.08. The Labute approximate surface area is 219 Å². The van der Waals surface area contributed by atoms with Gasteiger partial charge in [0.2, 0.25) is 4.33 Å². The highest BCUT2D eigenvalue weighted by atomic mass is 35.5. The van der Waals surface area contributed by atoms with E-state index in [1.165, 1.54) is 10.0 Å². The highest BCUT2D eigenvalue weighted by Crippen LogP contribution is 2.66. The first-order valence-corrected chi connectivity index (χ1v) is 11.8. The summed E-state index contributed by atoms with van der Waals surface area (Å²) in [6, 6.07) is 25.5. The minimum atomic E-state index is -2.24. The number of benzene rings is 2. The number of halogens is 2. The molecule has 0 aromatic heterocycles. The Morgan fingerprint density at radius 2 is 1.25 bits per heavy atom. The Morgan fingerprint density at radius 3 is 1.69 bits per heavy atom. The monoisotopic (exact) mass is 514 g/mol. The molecule has 0 radical (unpaired) electrons. The fourth-order valence-corrected chi connectivity index (χ4v) is 6.16. The Hall–Kier alpha value is -3.85. The molecule has 2 aromatic rings. The number of rotatable bonds is 3. The maximum atomic E-state index is 13.7. The lowest BCUT2D eigenvalue weighted by Gasteiger charge is -2.56. The third-order valence-corrected chi connectivity index (χ3v) is 7.87. The van der Waals surface area contributed by atoms with Gasteiger partial charge in [-0.2, -0.15) is 21.0 Å². The number of allylic oxidation sites excluding steroid dienone is 2. The van der Waals surface area contributed by atoms with Crippen molar-refractivity contribution >= 4 is 29.1 Å². The van der Waals surface area contributed by atoms with Crippen molar-refractivity contribution in [3.63, 3.8) is 0 Å². The molecule has 178 valence electrons. The summed E-state index contributed by atoms with van der Waals surface area (Å²) in [4.78, 5) is 13.7. The molecule has 1 heterocycles. The standard InChI is InChI=1S/C27H20Cl2N6O/c1-34(2)35-21-13-20(18-9-5-3-6-10-18)25(14-30,15-31)26(16-32,17-33)23(21)22(27(28,29)24(35)36)19-11-7-4-8-12-19/h3-13,20,22-23H,1-2H3/t20-,22-,23+/m1/s1. The molecule has 0 N–H and O–H groups in total. The molecule has 3 atom stereocenters. The molecule has 0 saturated carbocycles. The highest BCUT2D eigenvalue weighted by Gasteiger charge is 2.73.